The highest BCUT2D eigenvalue weighted by Gasteiger charge is 2.45. The molecule has 2 aromatic rings. The van der Waals surface area contributed by atoms with Crippen molar-refractivity contribution in [1.82, 2.24) is 24.3 Å². The molecule has 0 spiro atoms. The molecule has 0 aliphatic carbocycles. The van der Waals surface area contributed by atoms with Crippen LogP contribution in [0.3, 0.4) is 0 Å². The molecular weight excluding hydrogens is 394 g/mol. The number of piperidine rings is 1. The Morgan fingerprint density at radius 1 is 1.06 bits per heavy atom. The maximum Gasteiger partial charge on any atom is 0.251 e. The zero-order valence-corrected chi connectivity index (χ0v) is 18.1. The van der Waals surface area contributed by atoms with Gasteiger partial charge in [-0.05, 0) is 32.4 Å². The van der Waals surface area contributed by atoms with E-state index < -0.39 is 6.04 Å². The topological polar surface area (TPSA) is 80.6 Å². The Morgan fingerprint density at radius 3 is 2.55 bits per heavy atom. The number of likely N-dealkylation sites (tertiary alicyclic amines) is 1. The number of rotatable bonds is 3. The maximum absolute atomic E-state index is 13.8. The molecule has 0 radical (unpaired) electrons. The van der Waals surface area contributed by atoms with Gasteiger partial charge in [0.2, 0.25) is 5.91 Å². The number of morpholine rings is 1. The minimum Gasteiger partial charge on any atom is -0.372 e. The van der Waals surface area contributed by atoms with Crippen molar-refractivity contribution < 1.29 is 9.53 Å². The van der Waals surface area contributed by atoms with E-state index in [1.165, 1.54) is 0 Å². The number of fused-ring (bicyclic) bond motifs is 4. The van der Waals surface area contributed by atoms with E-state index in [4.69, 9.17) is 4.74 Å². The molecule has 1 amide bonds. The first-order valence-electron chi connectivity index (χ1n) is 11.1. The van der Waals surface area contributed by atoms with Gasteiger partial charge in [0.05, 0.1) is 18.8 Å². The van der Waals surface area contributed by atoms with Crippen LogP contribution in [0.15, 0.2) is 41.5 Å². The van der Waals surface area contributed by atoms with Gasteiger partial charge in [-0.3, -0.25) is 19.1 Å². The Balaban J connectivity index is 1.48. The fourth-order valence-corrected chi connectivity index (χ4v) is 5.63. The third kappa shape index (κ3) is 3.90. The Bertz CT molecular complexity index is 1000. The SMILES string of the molecule is C[C@@H]1CN(C(=O)[C@H]2[C@@H]3C[C@@H](CN(Cc4ncccn4)C3)c3cccc(=O)n32)C[C@H](C)O1. The summed E-state index contributed by atoms with van der Waals surface area (Å²) >= 11 is 0. The number of pyridine rings is 1. The molecule has 0 unspecified atom stereocenters. The van der Waals surface area contributed by atoms with E-state index in [1.807, 2.05) is 36.9 Å². The number of hydrogen-bond acceptors (Lipinski definition) is 6. The first-order valence-corrected chi connectivity index (χ1v) is 11.1. The summed E-state index contributed by atoms with van der Waals surface area (Å²) < 4.78 is 7.61. The third-order valence-corrected chi connectivity index (χ3v) is 6.69. The molecule has 3 aliphatic heterocycles. The van der Waals surface area contributed by atoms with Gasteiger partial charge < -0.3 is 9.64 Å². The van der Waals surface area contributed by atoms with Crippen LogP contribution in [-0.4, -0.2) is 68.6 Å². The van der Waals surface area contributed by atoms with Crippen molar-refractivity contribution in [2.24, 2.45) is 5.92 Å². The fourth-order valence-electron chi connectivity index (χ4n) is 5.63. The molecule has 2 aromatic heterocycles. The number of amides is 1. The van der Waals surface area contributed by atoms with Crippen molar-refractivity contribution in [3.8, 4) is 0 Å². The lowest BCUT2D eigenvalue weighted by Crippen LogP contribution is -2.56. The number of nitrogens with zero attached hydrogens (tertiary/aromatic N) is 5. The van der Waals surface area contributed by atoms with Crippen LogP contribution in [0.4, 0.5) is 0 Å². The predicted octanol–water partition coefficient (Wildman–Crippen LogP) is 1.43. The summed E-state index contributed by atoms with van der Waals surface area (Å²) in [5, 5.41) is 0. The van der Waals surface area contributed by atoms with E-state index in [0.29, 0.717) is 19.6 Å². The van der Waals surface area contributed by atoms with E-state index >= 15 is 0 Å². The highest BCUT2D eigenvalue weighted by molar-refractivity contribution is 5.81. The van der Waals surface area contributed by atoms with E-state index in [-0.39, 0.29) is 35.5 Å². The quantitative estimate of drug-likeness (QED) is 0.743. The van der Waals surface area contributed by atoms with Gasteiger partial charge in [-0.1, -0.05) is 6.07 Å². The Hall–Kier alpha value is -2.58. The molecule has 5 atom stereocenters. The molecule has 8 heteroatoms. The van der Waals surface area contributed by atoms with Crippen molar-refractivity contribution in [3.63, 3.8) is 0 Å². The average molecular weight is 424 g/mol. The second-order valence-corrected chi connectivity index (χ2v) is 9.16. The first-order chi connectivity index (χ1) is 15.0. The largest absolute Gasteiger partial charge is 0.372 e. The van der Waals surface area contributed by atoms with Crippen molar-refractivity contribution in [3.05, 3.63) is 58.5 Å². The highest BCUT2D eigenvalue weighted by Crippen LogP contribution is 2.42. The van der Waals surface area contributed by atoms with Crippen LogP contribution in [0.5, 0.6) is 0 Å². The normalized spacial score (nSPS) is 30.6. The lowest BCUT2D eigenvalue weighted by atomic mass is 9.78. The van der Waals surface area contributed by atoms with Crippen molar-refractivity contribution >= 4 is 5.91 Å². The van der Waals surface area contributed by atoms with Gasteiger partial charge >= 0.3 is 0 Å². The molecule has 0 N–H and O–H groups in total. The van der Waals surface area contributed by atoms with Crippen LogP contribution in [0.1, 0.15) is 43.7 Å². The van der Waals surface area contributed by atoms with Crippen molar-refractivity contribution in [2.75, 3.05) is 26.2 Å². The number of carbonyl (C=O) groups is 1. The summed E-state index contributed by atoms with van der Waals surface area (Å²) in [7, 11) is 0. The van der Waals surface area contributed by atoms with Crippen LogP contribution in [0.25, 0.3) is 0 Å². The van der Waals surface area contributed by atoms with E-state index in [9.17, 15) is 9.59 Å². The van der Waals surface area contributed by atoms with Crippen LogP contribution >= 0.6 is 0 Å². The van der Waals surface area contributed by atoms with E-state index in [1.54, 1.807) is 23.0 Å². The smallest absolute Gasteiger partial charge is 0.251 e. The zero-order chi connectivity index (χ0) is 21.5. The van der Waals surface area contributed by atoms with Gasteiger partial charge in [0.25, 0.3) is 5.56 Å². The Kier molecular flexibility index (Phi) is 5.35. The standard InChI is InChI=1S/C23H29N5O3/c1-15-10-27(11-16(2)31-15)23(30)22-18-9-17(19-5-3-6-21(29)28(19)22)12-26(13-18)14-20-24-7-4-8-25-20/h3-8,15-18,22H,9-14H2,1-2H3/t15-,16+,17-,18+,22+/m0/s1. The maximum atomic E-state index is 13.8. The van der Waals surface area contributed by atoms with Crippen LogP contribution in [0.2, 0.25) is 0 Å². The van der Waals surface area contributed by atoms with Gasteiger partial charge in [0.1, 0.15) is 11.9 Å². The van der Waals surface area contributed by atoms with Gasteiger partial charge in [-0.2, -0.15) is 0 Å². The molecule has 2 saturated heterocycles. The lowest BCUT2D eigenvalue weighted by molar-refractivity contribution is -0.150. The number of carbonyl (C=O) groups excluding carboxylic acids is 1. The summed E-state index contributed by atoms with van der Waals surface area (Å²) in [5.74, 6) is 1.13. The molecule has 3 aliphatic rings. The molecule has 5 heterocycles. The molecule has 2 bridgehead atoms. The summed E-state index contributed by atoms with van der Waals surface area (Å²) in [5.41, 5.74) is 0.884. The van der Waals surface area contributed by atoms with Gasteiger partial charge in [0.15, 0.2) is 0 Å². The Labute approximate surface area is 181 Å². The Morgan fingerprint density at radius 2 is 1.81 bits per heavy atom. The second-order valence-electron chi connectivity index (χ2n) is 9.16. The highest BCUT2D eigenvalue weighted by atomic mass is 16.5. The van der Waals surface area contributed by atoms with Gasteiger partial charge in [-0.15, -0.1) is 0 Å². The van der Waals surface area contributed by atoms with Crippen LogP contribution in [0, 0.1) is 5.92 Å². The lowest BCUT2D eigenvalue weighted by Gasteiger charge is -2.48. The summed E-state index contributed by atoms with van der Waals surface area (Å²) in [6.45, 7) is 7.36. The molecular formula is C23H29N5O3. The molecule has 0 saturated carbocycles. The summed E-state index contributed by atoms with van der Waals surface area (Å²) in [4.78, 5) is 39.7. The molecule has 164 valence electrons. The van der Waals surface area contributed by atoms with E-state index in [2.05, 4.69) is 14.9 Å². The number of aromatic nitrogens is 3. The molecule has 31 heavy (non-hydrogen) atoms. The fraction of sp³-hybridized carbons (Fsp3) is 0.565. The number of hydrogen-bond donors (Lipinski definition) is 0. The monoisotopic (exact) mass is 423 g/mol. The third-order valence-electron chi connectivity index (χ3n) is 6.69. The minimum absolute atomic E-state index is 0.00547. The van der Waals surface area contributed by atoms with Crippen molar-refractivity contribution in [2.45, 2.75) is 51.0 Å². The van der Waals surface area contributed by atoms with E-state index in [0.717, 1.165) is 31.0 Å². The summed E-state index contributed by atoms with van der Waals surface area (Å²) in [6.07, 6.45) is 4.43. The molecule has 8 nitrogen and oxygen atoms in total. The van der Waals surface area contributed by atoms with Crippen LogP contribution in [-0.2, 0) is 16.1 Å². The van der Waals surface area contributed by atoms with Gasteiger partial charge in [-0.25, -0.2) is 9.97 Å². The molecule has 5 rings (SSSR count). The zero-order valence-electron chi connectivity index (χ0n) is 18.1. The molecule has 2 fully saturated rings. The second kappa shape index (κ2) is 8.16. The average Bonchev–Trinajstić information content (AvgIpc) is 2.74. The van der Waals surface area contributed by atoms with Crippen molar-refractivity contribution in [1.29, 1.82) is 0 Å². The molecule has 0 aromatic carbocycles. The minimum atomic E-state index is -0.475. The predicted molar refractivity (Wildman–Crippen MR) is 114 cm³/mol. The van der Waals surface area contributed by atoms with Crippen LogP contribution < -0.4 is 5.56 Å². The summed E-state index contributed by atoms with van der Waals surface area (Å²) in [6, 6.07) is 6.74. The first kappa shape index (κ1) is 20.3. The van der Waals surface area contributed by atoms with Gasteiger partial charge in [0, 0.05) is 62.2 Å². The number of ether oxygens (including phenoxy) is 1.